The topological polar surface area (TPSA) is 15.7 Å². The Morgan fingerprint density at radius 1 is 0.833 bits per heavy atom. The van der Waals surface area contributed by atoms with Crippen molar-refractivity contribution in [2.24, 2.45) is 0 Å². The zero-order valence-electron chi connectivity index (χ0n) is 17.2. The van der Waals surface area contributed by atoms with Crippen LogP contribution in [-0.2, 0) is 0 Å². The molecule has 4 heteroatoms. The minimum Gasteiger partial charge on any atom is -0.480 e. The van der Waals surface area contributed by atoms with E-state index in [1.165, 1.54) is 26.9 Å². The molecule has 0 amide bonds. The van der Waals surface area contributed by atoms with Gasteiger partial charge in [0.15, 0.2) is 6.10 Å². The molecule has 0 radical (unpaired) electrons. The van der Waals surface area contributed by atoms with Crippen molar-refractivity contribution in [3.63, 3.8) is 0 Å². The Morgan fingerprint density at radius 2 is 1.67 bits per heavy atom. The molecule has 1 aliphatic rings. The quantitative estimate of drug-likeness (QED) is 0.409. The summed E-state index contributed by atoms with van der Waals surface area (Å²) >= 11 is 1.74. The number of piperazine rings is 1. The van der Waals surface area contributed by atoms with Gasteiger partial charge in [-0.2, -0.15) is 0 Å². The number of thiophene rings is 1. The van der Waals surface area contributed by atoms with Crippen molar-refractivity contribution in [1.29, 1.82) is 0 Å². The SMILES string of the molecule is CN1CCN(c2cccc3ccc(OC(c4ccccc4)c4cccs4)cc23)CC1. The lowest BCUT2D eigenvalue weighted by Gasteiger charge is -2.34. The largest absolute Gasteiger partial charge is 0.480 e. The van der Waals surface area contributed by atoms with Gasteiger partial charge in [-0.15, -0.1) is 11.3 Å². The first-order valence-corrected chi connectivity index (χ1v) is 11.4. The third kappa shape index (κ3) is 3.93. The van der Waals surface area contributed by atoms with Crippen LogP contribution in [0, 0.1) is 0 Å². The fourth-order valence-electron chi connectivity index (χ4n) is 4.13. The van der Waals surface area contributed by atoms with Gasteiger partial charge in [0, 0.05) is 42.1 Å². The molecule has 1 fully saturated rings. The molecule has 0 N–H and O–H groups in total. The third-order valence-electron chi connectivity index (χ3n) is 5.83. The zero-order valence-corrected chi connectivity index (χ0v) is 18.0. The lowest BCUT2D eigenvalue weighted by Crippen LogP contribution is -2.44. The fraction of sp³-hybridized carbons (Fsp3) is 0.231. The van der Waals surface area contributed by atoms with Gasteiger partial charge in [-0.25, -0.2) is 0 Å². The van der Waals surface area contributed by atoms with Crippen molar-refractivity contribution in [3.05, 3.63) is 94.7 Å². The summed E-state index contributed by atoms with van der Waals surface area (Å²) < 4.78 is 6.60. The molecule has 0 saturated carbocycles. The van der Waals surface area contributed by atoms with E-state index in [4.69, 9.17) is 4.74 Å². The van der Waals surface area contributed by atoms with E-state index in [1.807, 2.05) is 6.07 Å². The van der Waals surface area contributed by atoms with E-state index in [-0.39, 0.29) is 6.10 Å². The molecule has 1 saturated heterocycles. The minimum atomic E-state index is -0.0977. The number of rotatable bonds is 5. The van der Waals surface area contributed by atoms with Crippen LogP contribution in [0.15, 0.2) is 84.2 Å². The first kappa shape index (κ1) is 19.2. The maximum absolute atomic E-state index is 6.60. The predicted molar refractivity (Wildman–Crippen MR) is 127 cm³/mol. The Bertz CT molecular complexity index is 1100. The summed E-state index contributed by atoms with van der Waals surface area (Å²) in [6.07, 6.45) is -0.0977. The maximum atomic E-state index is 6.60. The summed E-state index contributed by atoms with van der Waals surface area (Å²) in [6, 6.07) is 27.8. The van der Waals surface area contributed by atoms with Crippen LogP contribution in [0.4, 0.5) is 5.69 Å². The van der Waals surface area contributed by atoms with Crippen LogP contribution >= 0.6 is 11.3 Å². The van der Waals surface area contributed by atoms with Crippen LogP contribution in [0.1, 0.15) is 16.5 Å². The number of anilines is 1. The van der Waals surface area contributed by atoms with Crippen molar-refractivity contribution in [2.45, 2.75) is 6.10 Å². The highest BCUT2D eigenvalue weighted by molar-refractivity contribution is 7.10. The van der Waals surface area contributed by atoms with Crippen LogP contribution in [0.5, 0.6) is 5.75 Å². The number of hydrogen-bond donors (Lipinski definition) is 0. The Hall–Kier alpha value is -2.82. The highest BCUT2D eigenvalue weighted by Crippen LogP contribution is 2.35. The number of nitrogens with zero attached hydrogens (tertiary/aromatic N) is 2. The number of ether oxygens (including phenoxy) is 1. The van der Waals surface area contributed by atoms with E-state index >= 15 is 0 Å². The molecule has 0 aliphatic carbocycles. The smallest absolute Gasteiger partial charge is 0.158 e. The number of hydrogen-bond acceptors (Lipinski definition) is 4. The Balaban J connectivity index is 1.50. The molecule has 3 nitrogen and oxygen atoms in total. The summed E-state index contributed by atoms with van der Waals surface area (Å²) in [5, 5.41) is 4.63. The van der Waals surface area contributed by atoms with E-state index in [0.29, 0.717) is 0 Å². The van der Waals surface area contributed by atoms with Gasteiger partial charge >= 0.3 is 0 Å². The average molecular weight is 415 g/mol. The van der Waals surface area contributed by atoms with Crippen LogP contribution in [0.25, 0.3) is 10.8 Å². The van der Waals surface area contributed by atoms with Gasteiger partial charge in [-0.3, -0.25) is 0 Å². The Morgan fingerprint density at radius 3 is 2.43 bits per heavy atom. The summed E-state index contributed by atoms with van der Waals surface area (Å²) in [4.78, 5) is 6.11. The second-order valence-corrected chi connectivity index (χ2v) is 8.85. The maximum Gasteiger partial charge on any atom is 0.158 e. The second kappa shape index (κ2) is 8.50. The third-order valence-corrected chi connectivity index (χ3v) is 6.75. The molecule has 1 unspecified atom stereocenters. The van der Waals surface area contributed by atoms with Crippen molar-refractivity contribution in [1.82, 2.24) is 4.90 Å². The van der Waals surface area contributed by atoms with Crippen LogP contribution in [-0.4, -0.2) is 38.1 Å². The Labute approximate surface area is 182 Å². The van der Waals surface area contributed by atoms with E-state index < -0.39 is 0 Å². The number of likely N-dealkylation sites (N-methyl/N-ethyl adjacent to an activating group) is 1. The molecule has 30 heavy (non-hydrogen) atoms. The van der Waals surface area contributed by atoms with E-state index in [0.717, 1.165) is 31.9 Å². The molecule has 0 spiro atoms. The molecule has 1 atom stereocenters. The minimum absolute atomic E-state index is 0.0977. The van der Waals surface area contributed by atoms with Gasteiger partial charge in [0.2, 0.25) is 0 Å². The molecule has 4 aromatic rings. The molecule has 2 heterocycles. The molecule has 0 bridgehead atoms. The van der Waals surface area contributed by atoms with Gasteiger partial charge < -0.3 is 14.5 Å². The van der Waals surface area contributed by atoms with E-state index in [1.54, 1.807) is 11.3 Å². The van der Waals surface area contributed by atoms with Gasteiger partial charge in [-0.05, 0) is 47.6 Å². The highest BCUT2D eigenvalue weighted by Gasteiger charge is 2.19. The van der Waals surface area contributed by atoms with Gasteiger partial charge in [0.25, 0.3) is 0 Å². The lowest BCUT2D eigenvalue weighted by atomic mass is 10.1. The van der Waals surface area contributed by atoms with E-state index in [9.17, 15) is 0 Å². The Kier molecular flexibility index (Phi) is 5.43. The molecule has 5 rings (SSSR count). The predicted octanol–water partition coefficient (Wildman–Crippen LogP) is 5.82. The van der Waals surface area contributed by atoms with Crippen molar-refractivity contribution >= 4 is 27.8 Å². The van der Waals surface area contributed by atoms with Crippen LogP contribution in [0.3, 0.4) is 0 Å². The summed E-state index contributed by atoms with van der Waals surface area (Å²) in [5.41, 5.74) is 2.48. The normalized spacial score (nSPS) is 16.0. The molecule has 152 valence electrons. The monoisotopic (exact) mass is 414 g/mol. The molecular formula is C26H26N2OS. The van der Waals surface area contributed by atoms with Gasteiger partial charge in [0.1, 0.15) is 5.75 Å². The molecule has 3 aromatic carbocycles. The average Bonchev–Trinajstić information content (AvgIpc) is 3.33. The van der Waals surface area contributed by atoms with E-state index in [2.05, 4.69) is 95.0 Å². The van der Waals surface area contributed by atoms with Crippen molar-refractivity contribution in [2.75, 3.05) is 38.1 Å². The molecular weight excluding hydrogens is 388 g/mol. The first-order chi connectivity index (χ1) is 14.8. The zero-order chi connectivity index (χ0) is 20.3. The fourth-order valence-corrected chi connectivity index (χ4v) is 4.91. The van der Waals surface area contributed by atoms with Gasteiger partial charge in [0.05, 0.1) is 0 Å². The lowest BCUT2D eigenvalue weighted by molar-refractivity contribution is 0.251. The van der Waals surface area contributed by atoms with Crippen LogP contribution < -0.4 is 9.64 Å². The van der Waals surface area contributed by atoms with Crippen LogP contribution in [0.2, 0.25) is 0 Å². The number of fused-ring (bicyclic) bond motifs is 1. The first-order valence-electron chi connectivity index (χ1n) is 10.5. The second-order valence-electron chi connectivity index (χ2n) is 7.87. The summed E-state index contributed by atoms with van der Waals surface area (Å²) in [5.74, 6) is 0.909. The standard InChI is InChI=1S/C26H26N2OS/c1-27-14-16-28(17-15-27)24-10-5-9-20-12-13-22(19-23(20)24)29-26(25-11-6-18-30-25)21-7-3-2-4-8-21/h2-13,18-19,26H,14-17H2,1H3. The van der Waals surface area contributed by atoms with Gasteiger partial charge in [-0.1, -0.05) is 54.6 Å². The summed E-state index contributed by atoms with van der Waals surface area (Å²) in [7, 11) is 2.20. The number of benzene rings is 3. The van der Waals surface area contributed by atoms with Crippen molar-refractivity contribution in [3.8, 4) is 5.75 Å². The molecule has 1 aromatic heterocycles. The van der Waals surface area contributed by atoms with Crippen molar-refractivity contribution < 1.29 is 4.74 Å². The summed E-state index contributed by atoms with van der Waals surface area (Å²) in [6.45, 7) is 4.31. The highest BCUT2D eigenvalue weighted by atomic mass is 32.1. The molecule has 1 aliphatic heterocycles.